The summed E-state index contributed by atoms with van der Waals surface area (Å²) in [5.41, 5.74) is 1.61. The Hall–Kier alpha value is -0.565. The van der Waals surface area contributed by atoms with Gasteiger partial charge in [0, 0.05) is 11.2 Å². The zero-order valence-electron chi connectivity index (χ0n) is 8.87. The van der Waals surface area contributed by atoms with Gasteiger partial charge in [-0.25, -0.2) is 0 Å². The minimum atomic E-state index is 0. The van der Waals surface area contributed by atoms with Crippen molar-refractivity contribution in [2.45, 2.75) is 0 Å². The first-order valence-corrected chi connectivity index (χ1v) is 4.15. The molecule has 0 N–H and O–H groups in total. The normalized spacial score (nSPS) is 9.60. The molecule has 0 saturated carbocycles. The van der Waals surface area contributed by atoms with Gasteiger partial charge in [0.25, 0.3) is 0 Å². The van der Waals surface area contributed by atoms with Gasteiger partial charge in [-0.3, -0.25) is 0 Å². The molecule has 0 spiro atoms. The molecule has 0 atom stereocenters. The molecule has 0 aliphatic rings. The van der Waals surface area contributed by atoms with Crippen molar-refractivity contribution in [3.05, 3.63) is 48.5 Å². The van der Waals surface area contributed by atoms with Crippen LogP contribution in [0.1, 0.15) is 0 Å². The summed E-state index contributed by atoms with van der Waals surface area (Å²) in [6, 6.07) is 17.8. The Bertz CT molecular complexity index is 521. The van der Waals surface area contributed by atoms with Crippen LogP contribution in [0, 0.1) is 12.1 Å². The second-order valence-electron chi connectivity index (χ2n) is 2.93. The van der Waals surface area contributed by atoms with E-state index in [0.717, 1.165) is 21.9 Å². The van der Waals surface area contributed by atoms with E-state index in [1.54, 1.807) is 0 Å². The van der Waals surface area contributed by atoms with Gasteiger partial charge in [0.2, 0.25) is 0 Å². The molecule has 15 heavy (non-hydrogen) atoms. The standard InChI is InChI=1S/C12H6O.2Li/c1-3-7-11-9(5-1)10-6-2-4-8-12(10)13-11;;/h1-6H;;/q-2;2*+1. The van der Waals surface area contributed by atoms with Crippen molar-refractivity contribution in [3.8, 4) is 0 Å². The monoisotopic (exact) mass is 180 g/mol. The fourth-order valence-electron chi connectivity index (χ4n) is 1.54. The van der Waals surface area contributed by atoms with Crippen LogP contribution in [-0.2, 0) is 0 Å². The maximum absolute atomic E-state index is 5.54. The Morgan fingerprint density at radius 2 is 1.27 bits per heavy atom. The summed E-state index contributed by atoms with van der Waals surface area (Å²) >= 11 is 0. The molecule has 1 nitrogen and oxygen atoms in total. The van der Waals surface area contributed by atoms with Crippen molar-refractivity contribution in [2.75, 3.05) is 0 Å². The SMILES string of the molecule is [Li+].[Li+].[c-]1cccc2c1oc1[c-]cccc12. The number of hydrogen-bond donors (Lipinski definition) is 0. The second kappa shape index (κ2) is 4.97. The van der Waals surface area contributed by atoms with Gasteiger partial charge in [-0.1, -0.05) is 0 Å². The van der Waals surface area contributed by atoms with Crippen LogP contribution in [0.2, 0.25) is 0 Å². The van der Waals surface area contributed by atoms with E-state index in [1.807, 2.05) is 36.4 Å². The van der Waals surface area contributed by atoms with E-state index in [-0.39, 0.29) is 37.7 Å². The predicted octanol–water partition coefficient (Wildman–Crippen LogP) is -2.81. The van der Waals surface area contributed by atoms with Crippen LogP contribution in [0.4, 0.5) is 0 Å². The summed E-state index contributed by atoms with van der Waals surface area (Å²) in [6.45, 7) is 0. The average Bonchev–Trinajstić information content (AvgIpc) is 2.56. The van der Waals surface area contributed by atoms with E-state index < -0.39 is 0 Å². The Morgan fingerprint density at radius 3 is 1.73 bits per heavy atom. The van der Waals surface area contributed by atoms with Gasteiger partial charge in [0.15, 0.2) is 0 Å². The van der Waals surface area contributed by atoms with Crippen LogP contribution in [0.5, 0.6) is 0 Å². The minimum Gasteiger partial charge on any atom is -0.510 e. The third-order valence-corrected chi connectivity index (χ3v) is 2.13. The zero-order chi connectivity index (χ0) is 8.67. The number of furan rings is 1. The van der Waals surface area contributed by atoms with Gasteiger partial charge in [-0.15, -0.1) is 22.9 Å². The van der Waals surface area contributed by atoms with Gasteiger partial charge in [-0.05, 0) is 0 Å². The first-order chi connectivity index (χ1) is 6.45. The molecule has 0 aliphatic carbocycles. The molecule has 0 aliphatic heterocycles. The molecule has 1 aromatic heterocycles. The molecule has 0 saturated heterocycles. The Labute approximate surface area is 112 Å². The van der Waals surface area contributed by atoms with Crippen molar-refractivity contribution >= 4 is 21.9 Å². The van der Waals surface area contributed by atoms with E-state index in [0.29, 0.717) is 0 Å². The smallest absolute Gasteiger partial charge is 0.510 e. The minimum absolute atomic E-state index is 0. The first kappa shape index (κ1) is 12.5. The summed E-state index contributed by atoms with van der Waals surface area (Å²) < 4.78 is 5.54. The summed E-state index contributed by atoms with van der Waals surface area (Å²) in [5.74, 6) is 0. The van der Waals surface area contributed by atoms with Crippen molar-refractivity contribution in [3.63, 3.8) is 0 Å². The van der Waals surface area contributed by atoms with E-state index in [1.165, 1.54) is 0 Å². The average molecular weight is 180 g/mol. The molecule has 3 rings (SSSR count). The molecule has 2 aromatic carbocycles. The summed E-state index contributed by atoms with van der Waals surface area (Å²) in [7, 11) is 0. The van der Waals surface area contributed by atoms with Crippen LogP contribution in [0.3, 0.4) is 0 Å². The Morgan fingerprint density at radius 1 is 0.800 bits per heavy atom. The van der Waals surface area contributed by atoms with Gasteiger partial charge < -0.3 is 4.42 Å². The van der Waals surface area contributed by atoms with Gasteiger partial charge >= 0.3 is 37.7 Å². The van der Waals surface area contributed by atoms with Crippen molar-refractivity contribution in [1.82, 2.24) is 0 Å². The third kappa shape index (κ3) is 2.03. The molecule has 0 unspecified atom stereocenters. The van der Waals surface area contributed by atoms with Crippen LogP contribution >= 0.6 is 0 Å². The number of benzene rings is 2. The first-order valence-electron chi connectivity index (χ1n) is 4.15. The van der Waals surface area contributed by atoms with Crippen LogP contribution in [0.15, 0.2) is 40.8 Å². The molecule has 0 bridgehead atoms. The fourth-order valence-corrected chi connectivity index (χ4v) is 1.54. The van der Waals surface area contributed by atoms with E-state index in [9.17, 15) is 0 Å². The number of fused-ring (bicyclic) bond motifs is 3. The van der Waals surface area contributed by atoms with E-state index >= 15 is 0 Å². The number of para-hydroxylation sites is 2. The van der Waals surface area contributed by atoms with Crippen LogP contribution < -0.4 is 37.7 Å². The molecule has 3 aromatic rings. The van der Waals surface area contributed by atoms with Crippen molar-refractivity contribution in [2.24, 2.45) is 0 Å². The predicted molar refractivity (Wildman–Crippen MR) is 51.4 cm³/mol. The summed E-state index contributed by atoms with van der Waals surface area (Å²) in [5, 5.41) is 2.21. The quantitative estimate of drug-likeness (QED) is 0.269. The fraction of sp³-hybridized carbons (Fsp3) is 0. The molecule has 3 heteroatoms. The maximum atomic E-state index is 5.54. The number of hydrogen-bond acceptors (Lipinski definition) is 1. The zero-order valence-corrected chi connectivity index (χ0v) is 8.87. The molecule has 62 valence electrons. The topological polar surface area (TPSA) is 13.1 Å². The van der Waals surface area contributed by atoms with E-state index in [2.05, 4.69) is 12.1 Å². The van der Waals surface area contributed by atoms with Gasteiger partial charge in [0.05, 0.1) is 0 Å². The van der Waals surface area contributed by atoms with Crippen LogP contribution in [0.25, 0.3) is 21.9 Å². The van der Waals surface area contributed by atoms with Gasteiger partial charge in [0.1, 0.15) is 0 Å². The van der Waals surface area contributed by atoms with E-state index in [4.69, 9.17) is 4.42 Å². The Kier molecular flexibility index (Phi) is 4.15. The molecular weight excluding hydrogens is 174 g/mol. The second-order valence-corrected chi connectivity index (χ2v) is 2.93. The molecule has 0 radical (unpaired) electrons. The van der Waals surface area contributed by atoms with Crippen molar-refractivity contribution in [1.29, 1.82) is 0 Å². The molecule has 1 heterocycles. The van der Waals surface area contributed by atoms with Crippen molar-refractivity contribution < 1.29 is 42.1 Å². The Balaban J connectivity index is 0.000000562. The summed E-state index contributed by atoms with van der Waals surface area (Å²) in [4.78, 5) is 0. The molecule has 0 fully saturated rings. The maximum Gasteiger partial charge on any atom is 1.00 e. The summed E-state index contributed by atoms with van der Waals surface area (Å²) in [6.07, 6.45) is 0. The van der Waals surface area contributed by atoms with Crippen LogP contribution in [-0.4, -0.2) is 0 Å². The third-order valence-electron chi connectivity index (χ3n) is 2.13. The van der Waals surface area contributed by atoms with Gasteiger partial charge in [-0.2, -0.15) is 36.4 Å². The molecular formula is C12H6Li2O. The molecule has 0 amide bonds. The number of rotatable bonds is 0. The largest absolute Gasteiger partial charge is 1.00 e.